The summed E-state index contributed by atoms with van der Waals surface area (Å²) in [4.78, 5) is 24.0. The lowest BCUT2D eigenvalue weighted by molar-refractivity contribution is 0.0703. The Labute approximate surface area is 153 Å². The summed E-state index contributed by atoms with van der Waals surface area (Å²) >= 11 is 13.0. The van der Waals surface area contributed by atoms with Crippen molar-refractivity contribution >= 4 is 52.2 Å². The van der Waals surface area contributed by atoms with Crippen molar-refractivity contribution in [1.82, 2.24) is 5.32 Å². The van der Waals surface area contributed by atoms with Crippen LogP contribution in [0.25, 0.3) is 10.4 Å². The molecular formula is C16H16Cl2N2O3S. The molecule has 24 heavy (non-hydrogen) atoms. The van der Waals surface area contributed by atoms with Gasteiger partial charge in [0.05, 0.1) is 15.7 Å². The standard InChI is InChI=1S/C16H16Cl2N2O3S/c1-2-3-6-19-16(23)20-12-8-13(24-14(12)15(21)22)9-4-5-10(17)11(18)7-9/h4-5,7-8H,2-3,6H2,1H3,(H,21,22)(H2,19,20,23). The van der Waals surface area contributed by atoms with Crippen molar-refractivity contribution in [2.75, 3.05) is 11.9 Å². The van der Waals surface area contributed by atoms with Gasteiger partial charge in [-0.2, -0.15) is 0 Å². The normalized spacial score (nSPS) is 10.5. The van der Waals surface area contributed by atoms with E-state index in [9.17, 15) is 14.7 Å². The summed E-state index contributed by atoms with van der Waals surface area (Å²) in [6, 6.07) is 6.24. The zero-order valence-electron chi connectivity index (χ0n) is 12.9. The van der Waals surface area contributed by atoms with Crippen molar-refractivity contribution in [3.05, 3.63) is 39.2 Å². The fourth-order valence-electron chi connectivity index (χ4n) is 1.98. The first-order chi connectivity index (χ1) is 11.4. The van der Waals surface area contributed by atoms with Crippen LogP contribution in [-0.4, -0.2) is 23.7 Å². The SMILES string of the molecule is CCCCNC(=O)Nc1cc(-c2ccc(Cl)c(Cl)c2)sc1C(=O)O. The number of thiophene rings is 1. The van der Waals surface area contributed by atoms with Crippen LogP contribution in [0.3, 0.4) is 0 Å². The molecule has 3 N–H and O–H groups in total. The predicted octanol–water partition coefficient (Wildman–Crippen LogP) is 5.34. The number of unbranched alkanes of at least 4 members (excludes halogenated alkanes) is 1. The highest BCUT2D eigenvalue weighted by atomic mass is 35.5. The number of nitrogens with one attached hydrogen (secondary N) is 2. The minimum atomic E-state index is -1.10. The van der Waals surface area contributed by atoms with Crippen LogP contribution in [0.15, 0.2) is 24.3 Å². The van der Waals surface area contributed by atoms with Gasteiger partial charge in [-0.1, -0.05) is 42.6 Å². The zero-order valence-corrected chi connectivity index (χ0v) is 15.2. The van der Waals surface area contributed by atoms with E-state index >= 15 is 0 Å². The molecule has 1 aromatic heterocycles. The monoisotopic (exact) mass is 386 g/mol. The van der Waals surface area contributed by atoms with E-state index in [2.05, 4.69) is 10.6 Å². The molecule has 0 aliphatic rings. The molecule has 0 atom stereocenters. The molecule has 0 aliphatic heterocycles. The van der Waals surface area contributed by atoms with Gasteiger partial charge in [0.15, 0.2) is 0 Å². The molecule has 8 heteroatoms. The molecule has 0 aliphatic carbocycles. The van der Waals surface area contributed by atoms with E-state index in [1.165, 1.54) is 0 Å². The molecule has 2 aromatic rings. The number of hydrogen-bond donors (Lipinski definition) is 3. The third kappa shape index (κ3) is 4.63. The molecule has 2 rings (SSSR count). The Kier molecular flexibility index (Phi) is 6.48. The summed E-state index contributed by atoms with van der Waals surface area (Å²) in [6.07, 6.45) is 1.82. The van der Waals surface area contributed by atoms with E-state index in [-0.39, 0.29) is 10.6 Å². The Hall–Kier alpha value is -1.76. The number of carboxylic acid groups (broad SMARTS) is 1. The first kappa shape index (κ1) is 18.6. The molecule has 0 bridgehead atoms. The van der Waals surface area contributed by atoms with Crippen molar-refractivity contribution < 1.29 is 14.7 Å². The number of benzene rings is 1. The Morgan fingerprint density at radius 3 is 2.58 bits per heavy atom. The van der Waals surface area contributed by atoms with Crippen molar-refractivity contribution in [2.45, 2.75) is 19.8 Å². The van der Waals surface area contributed by atoms with E-state index in [1.807, 2.05) is 6.92 Å². The van der Waals surface area contributed by atoms with Crippen LogP contribution in [0.2, 0.25) is 10.0 Å². The maximum Gasteiger partial charge on any atom is 0.348 e. The van der Waals surface area contributed by atoms with Crippen LogP contribution in [0.4, 0.5) is 10.5 Å². The van der Waals surface area contributed by atoms with Crippen LogP contribution < -0.4 is 10.6 Å². The fraction of sp³-hybridized carbons (Fsp3) is 0.250. The maximum atomic E-state index is 11.9. The lowest BCUT2D eigenvalue weighted by Gasteiger charge is -2.06. The Morgan fingerprint density at radius 2 is 1.96 bits per heavy atom. The van der Waals surface area contributed by atoms with Crippen LogP contribution in [0.5, 0.6) is 0 Å². The van der Waals surface area contributed by atoms with Crippen molar-refractivity contribution in [2.24, 2.45) is 0 Å². The highest BCUT2D eigenvalue weighted by Gasteiger charge is 2.18. The minimum absolute atomic E-state index is 0.0571. The van der Waals surface area contributed by atoms with Gasteiger partial charge in [0.2, 0.25) is 0 Å². The summed E-state index contributed by atoms with van der Waals surface area (Å²) in [6.45, 7) is 2.55. The van der Waals surface area contributed by atoms with Gasteiger partial charge in [-0.05, 0) is 30.2 Å². The largest absolute Gasteiger partial charge is 0.477 e. The van der Waals surface area contributed by atoms with Crippen molar-refractivity contribution in [3.8, 4) is 10.4 Å². The predicted molar refractivity (Wildman–Crippen MR) is 98.7 cm³/mol. The van der Waals surface area contributed by atoms with Gasteiger partial charge in [-0.15, -0.1) is 11.3 Å². The average molecular weight is 387 g/mol. The van der Waals surface area contributed by atoms with Crippen molar-refractivity contribution in [1.29, 1.82) is 0 Å². The molecule has 1 aromatic carbocycles. The van der Waals surface area contributed by atoms with Gasteiger partial charge >= 0.3 is 12.0 Å². The first-order valence-corrected chi connectivity index (χ1v) is 8.87. The second kappa shape index (κ2) is 8.37. The summed E-state index contributed by atoms with van der Waals surface area (Å²) in [5, 5.41) is 15.4. The first-order valence-electron chi connectivity index (χ1n) is 7.29. The summed E-state index contributed by atoms with van der Waals surface area (Å²) < 4.78 is 0. The van der Waals surface area contributed by atoms with Crippen LogP contribution >= 0.6 is 34.5 Å². The van der Waals surface area contributed by atoms with E-state index in [0.29, 0.717) is 21.5 Å². The molecule has 0 saturated carbocycles. The number of urea groups is 1. The number of hydrogen-bond acceptors (Lipinski definition) is 3. The van der Waals surface area contributed by atoms with E-state index < -0.39 is 12.0 Å². The van der Waals surface area contributed by atoms with E-state index in [4.69, 9.17) is 23.2 Å². The number of aromatic carboxylic acids is 1. The number of amides is 2. The van der Waals surface area contributed by atoms with E-state index in [0.717, 1.165) is 29.7 Å². The van der Waals surface area contributed by atoms with Gasteiger partial charge in [0.25, 0.3) is 0 Å². The molecule has 128 valence electrons. The van der Waals surface area contributed by atoms with Gasteiger partial charge in [-0.3, -0.25) is 0 Å². The summed E-state index contributed by atoms with van der Waals surface area (Å²) in [7, 11) is 0. The number of anilines is 1. The van der Waals surface area contributed by atoms with Gasteiger partial charge in [0, 0.05) is 11.4 Å². The highest BCUT2D eigenvalue weighted by Crippen LogP contribution is 2.37. The zero-order chi connectivity index (χ0) is 17.7. The highest BCUT2D eigenvalue weighted by molar-refractivity contribution is 7.18. The second-order valence-corrected chi connectivity index (χ2v) is 6.89. The third-order valence-corrected chi connectivity index (χ3v) is 5.11. The van der Waals surface area contributed by atoms with Gasteiger partial charge < -0.3 is 15.7 Å². The molecule has 0 spiro atoms. The molecule has 0 fully saturated rings. The lowest BCUT2D eigenvalue weighted by atomic mass is 10.2. The topological polar surface area (TPSA) is 78.4 Å². The van der Waals surface area contributed by atoms with Crippen LogP contribution in [-0.2, 0) is 0 Å². The molecule has 1 heterocycles. The molecule has 0 unspecified atom stereocenters. The fourth-order valence-corrected chi connectivity index (χ4v) is 3.23. The molecule has 2 amide bonds. The average Bonchev–Trinajstić information content (AvgIpc) is 2.94. The lowest BCUT2D eigenvalue weighted by Crippen LogP contribution is -2.29. The number of halogens is 2. The number of carboxylic acids is 1. The smallest absolute Gasteiger partial charge is 0.348 e. The van der Waals surface area contributed by atoms with Crippen LogP contribution in [0.1, 0.15) is 29.4 Å². The number of carbonyl (C=O) groups is 2. The van der Waals surface area contributed by atoms with Crippen molar-refractivity contribution in [3.63, 3.8) is 0 Å². The maximum absolute atomic E-state index is 11.9. The molecule has 5 nitrogen and oxygen atoms in total. The van der Waals surface area contributed by atoms with Gasteiger partial charge in [0.1, 0.15) is 4.88 Å². The minimum Gasteiger partial charge on any atom is -0.477 e. The number of rotatable bonds is 6. The Morgan fingerprint density at radius 1 is 1.21 bits per heavy atom. The molecule has 0 radical (unpaired) electrons. The molecular weight excluding hydrogens is 371 g/mol. The summed E-state index contributed by atoms with van der Waals surface area (Å²) in [5.74, 6) is -1.10. The second-order valence-electron chi connectivity index (χ2n) is 5.02. The molecule has 0 saturated heterocycles. The summed E-state index contributed by atoms with van der Waals surface area (Å²) in [5.41, 5.74) is 0.985. The Balaban J connectivity index is 2.25. The quantitative estimate of drug-likeness (QED) is 0.586. The van der Waals surface area contributed by atoms with Gasteiger partial charge in [-0.25, -0.2) is 9.59 Å². The van der Waals surface area contributed by atoms with E-state index in [1.54, 1.807) is 24.3 Å². The van der Waals surface area contributed by atoms with Crippen LogP contribution in [0, 0.1) is 0 Å². The number of carbonyl (C=O) groups excluding carboxylic acids is 1. The Bertz CT molecular complexity index is 762. The third-order valence-electron chi connectivity index (χ3n) is 3.19.